The number of hydrogen-bond donors (Lipinski definition) is 1. The monoisotopic (exact) mass is 328 g/mol. The maximum Gasteiger partial charge on any atom is 0.135 e. The zero-order valence-corrected chi connectivity index (χ0v) is 13.4. The van der Waals surface area contributed by atoms with E-state index in [9.17, 15) is 10.4 Å². The van der Waals surface area contributed by atoms with Crippen molar-refractivity contribution in [3.8, 4) is 11.8 Å². The standard InChI is InChI=1S/C20H12N2OS/c21-12-14(20-22-17-7-3-4-8-19(17)24-20)11-16-15-6-2-1-5-13(15)9-10-18(16)23/h1-11,23H/b14-11+. The van der Waals surface area contributed by atoms with E-state index in [4.69, 9.17) is 0 Å². The molecule has 3 aromatic carbocycles. The highest BCUT2D eigenvalue weighted by Crippen LogP contribution is 2.33. The average Bonchev–Trinajstić information content (AvgIpc) is 3.05. The predicted octanol–water partition coefficient (Wildman–Crippen LogP) is 5.22. The summed E-state index contributed by atoms with van der Waals surface area (Å²) in [7, 11) is 0. The number of benzene rings is 3. The van der Waals surface area contributed by atoms with Crippen molar-refractivity contribution in [1.82, 2.24) is 4.98 Å². The van der Waals surface area contributed by atoms with E-state index >= 15 is 0 Å². The third-order valence-corrected chi connectivity index (χ3v) is 4.95. The summed E-state index contributed by atoms with van der Waals surface area (Å²) in [6.07, 6.45) is 1.72. The second-order valence-electron chi connectivity index (χ2n) is 5.38. The Kier molecular flexibility index (Phi) is 3.49. The zero-order valence-electron chi connectivity index (χ0n) is 12.6. The first-order chi connectivity index (χ1) is 11.8. The number of para-hydroxylation sites is 1. The fraction of sp³-hybridized carbons (Fsp3) is 0. The van der Waals surface area contributed by atoms with Gasteiger partial charge in [-0.2, -0.15) is 5.26 Å². The quantitative estimate of drug-likeness (QED) is 0.513. The number of phenols is 1. The van der Waals surface area contributed by atoms with Gasteiger partial charge in [0.2, 0.25) is 0 Å². The smallest absolute Gasteiger partial charge is 0.135 e. The van der Waals surface area contributed by atoms with Gasteiger partial charge < -0.3 is 5.11 Å². The van der Waals surface area contributed by atoms with Crippen LogP contribution in [0.4, 0.5) is 0 Å². The van der Waals surface area contributed by atoms with Gasteiger partial charge in [-0.1, -0.05) is 42.5 Å². The van der Waals surface area contributed by atoms with Gasteiger partial charge in [-0.25, -0.2) is 4.98 Å². The molecule has 114 valence electrons. The molecule has 0 aliphatic carbocycles. The molecular formula is C20H12N2OS. The van der Waals surface area contributed by atoms with E-state index in [1.807, 2.05) is 54.6 Å². The number of rotatable bonds is 2. The molecule has 0 atom stereocenters. The Morgan fingerprint density at radius 3 is 2.67 bits per heavy atom. The lowest BCUT2D eigenvalue weighted by molar-refractivity contribution is 0.475. The molecule has 0 saturated carbocycles. The minimum atomic E-state index is 0.155. The van der Waals surface area contributed by atoms with Crippen LogP contribution in [0.5, 0.6) is 5.75 Å². The Morgan fingerprint density at radius 1 is 1.04 bits per heavy atom. The molecule has 0 spiro atoms. The summed E-state index contributed by atoms with van der Waals surface area (Å²) in [5, 5.41) is 22.4. The lowest BCUT2D eigenvalue weighted by Gasteiger charge is -2.05. The van der Waals surface area contributed by atoms with Gasteiger partial charge in [0.05, 0.1) is 15.8 Å². The molecular weight excluding hydrogens is 316 g/mol. The number of hydrogen-bond acceptors (Lipinski definition) is 4. The largest absolute Gasteiger partial charge is 0.507 e. The molecule has 0 fully saturated rings. The van der Waals surface area contributed by atoms with Crippen molar-refractivity contribution in [2.24, 2.45) is 0 Å². The maximum atomic E-state index is 10.3. The number of aromatic hydroxyl groups is 1. The van der Waals surface area contributed by atoms with Gasteiger partial charge in [0.25, 0.3) is 0 Å². The summed E-state index contributed by atoms with van der Waals surface area (Å²) < 4.78 is 1.04. The van der Waals surface area contributed by atoms with Crippen molar-refractivity contribution in [2.45, 2.75) is 0 Å². The molecule has 0 radical (unpaired) electrons. The second kappa shape index (κ2) is 5.80. The maximum absolute atomic E-state index is 10.3. The average molecular weight is 328 g/mol. The van der Waals surface area contributed by atoms with Crippen LogP contribution in [0, 0.1) is 11.3 Å². The second-order valence-corrected chi connectivity index (χ2v) is 6.41. The van der Waals surface area contributed by atoms with Crippen LogP contribution in [-0.2, 0) is 0 Å². The Morgan fingerprint density at radius 2 is 1.83 bits per heavy atom. The fourth-order valence-electron chi connectivity index (χ4n) is 2.71. The Labute approximate surface area is 142 Å². The molecule has 0 bridgehead atoms. The summed E-state index contributed by atoms with van der Waals surface area (Å²) in [5.41, 5.74) is 1.97. The Balaban J connectivity index is 1.93. The van der Waals surface area contributed by atoms with Crippen molar-refractivity contribution in [1.29, 1.82) is 5.26 Å². The number of aromatic nitrogens is 1. The van der Waals surface area contributed by atoms with Crippen molar-refractivity contribution in [3.63, 3.8) is 0 Å². The molecule has 24 heavy (non-hydrogen) atoms. The van der Waals surface area contributed by atoms with E-state index in [0.717, 1.165) is 21.0 Å². The molecule has 0 amide bonds. The van der Waals surface area contributed by atoms with E-state index < -0.39 is 0 Å². The minimum Gasteiger partial charge on any atom is -0.507 e. The molecule has 0 aliphatic heterocycles. The lowest BCUT2D eigenvalue weighted by Crippen LogP contribution is -1.84. The predicted molar refractivity (Wildman–Crippen MR) is 98.7 cm³/mol. The summed E-state index contributed by atoms with van der Waals surface area (Å²) in [6, 6.07) is 21.3. The van der Waals surface area contributed by atoms with Gasteiger partial charge in [-0.15, -0.1) is 11.3 Å². The highest BCUT2D eigenvalue weighted by Gasteiger charge is 2.11. The summed E-state index contributed by atoms with van der Waals surface area (Å²) >= 11 is 1.48. The zero-order chi connectivity index (χ0) is 16.5. The van der Waals surface area contributed by atoms with E-state index in [1.54, 1.807) is 12.1 Å². The highest BCUT2D eigenvalue weighted by atomic mass is 32.1. The Bertz CT molecular complexity index is 1100. The third-order valence-electron chi connectivity index (χ3n) is 3.88. The molecule has 3 nitrogen and oxygen atoms in total. The third kappa shape index (κ3) is 2.41. The van der Waals surface area contributed by atoms with Gasteiger partial charge in [0, 0.05) is 5.56 Å². The summed E-state index contributed by atoms with van der Waals surface area (Å²) in [4.78, 5) is 4.54. The van der Waals surface area contributed by atoms with Crippen LogP contribution in [-0.4, -0.2) is 10.1 Å². The number of allylic oxidation sites excluding steroid dienone is 1. The van der Waals surface area contributed by atoms with Crippen molar-refractivity contribution >= 4 is 44.0 Å². The van der Waals surface area contributed by atoms with Crippen LogP contribution in [0.25, 0.3) is 32.6 Å². The van der Waals surface area contributed by atoms with E-state index in [2.05, 4.69) is 11.1 Å². The fourth-order valence-corrected chi connectivity index (χ4v) is 3.64. The van der Waals surface area contributed by atoms with Gasteiger partial charge in [0.1, 0.15) is 16.8 Å². The van der Waals surface area contributed by atoms with Crippen molar-refractivity contribution in [2.75, 3.05) is 0 Å². The van der Waals surface area contributed by atoms with Gasteiger partial charge in [0.15, 0.2) is 0 Å². The highest BCUT2D eigenvalue weighted by molar-refractivity contribution is 7.19. The molecule has 1 aromatic heterocycles. The first-order valence-corrected chi connectivity index (χ1v) is 8.26. The molecule has 4 aromatic rings. The van der Waals surface area contributed by atoms with E-state index in [1.165, 1.54) is 11.3 Å². The van der Waals surface area contributed by atoms with E-state index in [-0.39, 0.29) is 5.75 Å². The topological polar surface area (TPSA) is 56.9 Å². The molecule has 1 N–H and O–H groups in total. The summed E-state index contributed by atoms with van der Waals surface area (Å²) in [6.45, 7) is 0. The number of fused-ring (bicyclic) bond motifs is 2. The van der Waals surface area contributed by atoms with Crippen molar-refractivity contribution < 1.29 is 5.11 Å². The number of phenolic OH excluding ortho intramolecular Hbond substituents is 1. The van der Waals surface area contributed by atoms with Crippen LogP contribution in [0.1, 0.15) is 10.6 Å². The SMILES string of the molecule is N#C/C(=C\c1c(O)ccc2ccccc12)c1nc2ccccc2s1. The molecule has 0 saturated heterocycles. The number of nitriles is 1. The molecule has 0 aliphatic rings. The molecule has 1 heterocycles. The van der Waals surface area contributed by atoms with E-state index in [0.29, 0.717) is 16.1 Å². The van der Waals surface area contributed by atoms with Gasteiger partial charge in [-0.3, -0.25) is 0 Å². The number of nitrogens with zero attached hydrogens (tertiary/aromatic N) is 2. The van der Waals surface area contributed by atoms with Crippen LogP contribution >= 0.6 is 11.3 Å². The lowest BCUT2D eigenvalue weighted by atomic mass is 10.0. The van der Waals surface area contributed by atoms with Crippen LogP contribution in [0.2, 0.25) is 0 Å². The van der Waals surface area contributed by atoms with Gasteiger partial charge >= 0.3 is 0 Å². The number of thiazole rings is 1. The first-order valence-electron chi connectivity index (χ1n) is 7.45. The minimum absolute atomic E-state index is 0.155. The normalized spacial score (nSPS) is 11.7. The molecule has 4 heteroatoms. The summed E-state index contributed by atoms with van der Waals surface area (Å²) in [5.74, 6) is 0.155. The molecule has 0 unspecified atom stereocenters. The van der Waals surface area contributed by atoms with Crippen LogP contribution < -0.4 is 0 Å². The van der Waals surface area contributed by atoms with Crippen molar-refractivity contribution in [3.05, 3.63) is 71.2 Å². The van der Waals surface area contributed by atoms with Crippen LogP contribution in [0.3, 0.4) is 0 Å². The Hall–Kier alpha value is -3.16. The van der Waals surface area contributed by atoms with Crippen LogP contribution in [0.15, 0.2) is 60.7 Å². The molecule has 4 rings (SSSR count). The first kappa shape index (κ1) is 14.4. The van der Waals surface area contributed by atoms with Gasteiger partial charge in [-0.05, 0) is 35.0 Å².